The summed E-state index contributed by atoms with van der Waals surface area (Å²) in [4.78, 5) is 49.4. The van der Waals surface area contributed by atoms with Gasteiger partial charge >= 0.3 is 0 Å². The zero-order valence-electron chi connectivity index (χ0n) is 20.3. The number of anilines is 3. The SMILES string of the molecule is CCc1ccc(Nc2cc(C)ncn2)cc1NC(=O)C(C(C)CC)N1C(=O)c2ccccc2C1=O. The van der Waals surface area contributed by atoms with Gasteiger partial charge in [-0.25, -0.2) is 9.97 Å². The average Bonchev–Trinajstić information content (AvgIpc) is 3.10. The van der Waals surface area contributed by atoms with Crippen molar-refractivity contribution in [3.63, 3.8) is 0 Å². The minimum Gasteiger partial charge on any atom is -0.340 e. The predicted molar refractivity (Wildman–Crippen MR) is 135 cm³/mol. The topological polar surface area (TPSA) is 104 Å². The molecule has 0 aliphatic carbocycles. The third kappa shape index (κ3) is 4.77. The minimum absolute atomic E-state index is 0.229. The first-order valence-corrected chi connectivity index (χ1v) is 11.8. The first kappa shape index (κ1) is 24.1. The number of amides is 3. The van der Waals surface area contributed by atoms with E-state index >= 15 is 0 Å². The van der Waals surface area contributed by atoms with E-state index in [2.05, 4.69) is 20.6 Å². The lowest BCUT2D eigenvalue weighted by molar-refractivity contribution is -0.121. The molecule has 2 aromatic carbocycles. The highest BCUT2D eigenvalue weighted by Crippen LogP contribution is 2.30. The maximum absolute atomic E-state index is 13.6. The Balaban J connectivity index is 1.63. The second-order valence-electron chi connectivity index (χ2n) is 8.74. The molecule has 0 saturated heterocycles. The fourth-order valence-corrected chi connectivity index (χ4v) is 4.27. The third-order valence-corrected chi connectivity index (χ3v) is 6.38. The number of aromatic nitrogens is 2. The number of hydrogen-bond donors (Lipinski definition) is 2. The molecule has 0 bridgehead atoms. The van der Waals surface area contributed by atoms with Crippen molar-refractivity contribution in [3.8, 4) is 0 Å². The van der Waals surface area contributed by atoms with E-state index in [0.717, 1.165) is 21.8 Å². The maximum Gasteiger partial charge on any atom is 0.262 e. The van der Waals surface area contributed by atoms with E-state index < -0.39 is 23.8 Å². The summed E-state index contributed by atoms with van der Waals surface area (Å²) >= 11 is 0. The summed E-state index contributed by atoms with van der Waals surface area (Å²) in [6.07, 6.45) is 2.81. The Bertz CT molecular complexity index is 1250. The molecular weight excluding hydrogens is 442 g/mol. The van der Waals surface area contributed by atoms with Crippen LogP contribution in [0.15, 0.2) is 54.9 Å². The molecule has 0 radical (unpaired) electrons. The number of nitrogens with zero attached hydrogens (tertiary/aromatic N) is 3. The van der Waals surface area contributed by atoms with Gasteiger partial charge in [0.1, 0.15) is 18.2 Å². The van der Waals surface area contributed by atoms with Crippen LogP contribution in [0.25, 0.3) is 0 Å². The molecule has 2 unspecified atom stereocenters. The van der Waals surface area contributed by atoms with Gasteiger partial charge in [-0.15, -0.1) is 0 Å². The van der Waals surface area contributed by atoms with Gasteiger partial charge in [0, 0.05) is 23.1 Å². The van der Waals surface area contributed by atoms with Crippen LogP contribution >= 0.6 is 0 Å². The van der Waals surface area contributed by atoms with Crippen molar-refractivity contribution in [1.29, 1.82) is 0 Å². The summed E-state index contributed by atoms with van der Waals surface area (Å²) in [5, 5.41) is 6.23. The number of aryl methyl sites for hydroxylation is 2. The van der Waals surface area contributed by atoms with Gasteiger partial charge in [-0.2, -0.15) is 0 Å². The van der Waals surface area contributed by atoms with Crippen molar-refractivity contribution < 1.29 is 14.4 Å². The molecular formula is C27H29N5O3. The zero-order chi connectivity index (χ0) is 25.1. The molecule has 0 spiro atoms. The van der Waals surface area contributed by atoms with Crippen molar-refractivity contribution in [2.24, 2.45) is 5.92 Å². The molecule has 180 valence electrons. The van der Waals surface area contributed by atoms with E-state index in [-0.39, 0.29) is 5.92 Å². The van der Waals surface area contributed by atoms with Gasteiger partial charge in [-0.3, -0.25) is 19.3 Å². The molecule has 1 aliphatic heterocycles. The summed E-state index contributed by atoms with van der Waals surface area (Å²) in [6.45, 7) is 7.70. The van der Waals surface area contributed by atoms with Gasteiger partial charge in [-0.05, 0) is 49.1 Å². The lowest BCUT2D eigenvalue weighted by Crippen LogP contribution is -2.50. The van der Waals surface area contributed by atoms with Gasteiger partial charge in [0.25, 0.3) is 11.8 Å². The van der Waals surface area contributed by atoms with Gasteiger partial charge in [-0.1, -0.05) is 45.4 Å². The molecule has 4 rings (SSSR count). The van der Waals surface area contributed by atoms with Crippen molar-refractivity contribution in [2.45, 2.75) is 46.6 Å². The summed E-state index contributed by atoms with van der Waals surface area (Å²) < 4.78 is 0. The molecule has 3 amide bonds. The van der Waals surface area contributed by atoms with Gasteiger partial charge in [0.05, 0.1) is 11.1 Å². The summed E-state index contributed by atoms with van der Waals surface area (Å²) in [5.41, 5.74) is 3.81. The van der Waals surface area contributed by atoms with Crippen LogP contribution in [0.1, 0.15) is 59.2 Å². The van der Waals surface area contributed by atoms with Crippen molar-refractivity contribution in [1.82, 2.24) is 14.9 Å². The first-order valence-electron chi connectivity index (χ1n) is 11.8. The Morgan fingerprint density at radius 2 is 1.69 bits per heavy atom. The number of imide groups is 1. The molecule has 35 heavy (non-hydrogen) atoms. The third-order valence-electron chi connectivity index (χ3n) is 6.38. The molecule has 2 N–H and O–H groups in total. The minimum atomic E-state index is -0.932. The molecule has 2 atom stereocenters. The molecule has 8 nitrogen and oxygen atoms in total. The van der Waals surface area contributed by atoms with Crippen molar-refractivity contribution in [3.05, 3.63) is 77.2 Å². The van der Waals surface area contributed by atoms with Crippen LogP contribution in [0.5, 0.6) is 0 Å². The molecule has 0 fully saturated rings. The second kappa shape index (κ2) is 10.0. The fraction of sp³-hybridized carbons (Fsp3) is 0.296. The van der Waals surface area contributed by atoms with Crippen LogP contribution in [-0.2, 0) is 11.2 Å². The van der Waals surface area contributed by atoms with E-state index in [0.29, 0.717) is 35.5 Å². The van der Waals surface area contributed by atoms with Crippen LogP contribution in [0.2, 0.25) is 0 Å². The highest BCUT2D eigenvalue weighted by Gasteiger charge is 2.44. The molecule has 1 aliphatic rings. The van der Waals surface area contributed by atoms with E-state index in [1.165, 1.54) is 6.33 Å². The quantitative estimate of drug-likeness (QED) is 0.460. The number of fused-ring (bicyclic) bond motifs is 1. The van der Waals surface area contributed by atoms with E-state index in [9.17, 15) is 14.4 Å². The smallest absolute Gasteiger partial charge is 0.262 e. The molecule has 2 heterocycles. The number of carbonyl (C=O) groups is 3. The van der Waals surface area contributed by atoms with E-state index in [4.69, 9.17) is 0 Å². The summed E-state index contributed by atoms with van der Waals surface area (Å²) in [5.74, 6) is -0.846. The van der Waals surface area contributed by atoms with Crippen molar-refractivity contribution in [2.75, 3.05) is 10.6 Å². The van der Waals surface area contributed by atoms with E-state index in [1.807, 2.05) is 52.0 Å². The number of nitrogens with one attached hydrogen (secondary N) is 2. The zero-order valence-corrected chi connectivity index (χ0v) is 20.3. The highest BCUT2D eigenvalue weighted by molar-refractivity contribution is 6.23. The summed E-state index contributed by atoms with van der Waals surface area (Å²) in [7, 11) is 0. The Kier molecular flexibility index (Phi) is 6.91. The van der Waals surface area contributed by atoms with Crippen LogP contribution in [0, 0.1) is 12.8 Å². The second-order valence-corrected chi connectivity index (χ2v) is 8.74. The van der Waals surface area contributed by atoms with Crippen molar-refractivity contribution >= 4 is 34.9 Å². The largest absolute Gasteiger partial charge is 0.340 e. The average molecular weight is 472 g/mol. The van der Waals surface area contributed by atoms with Crippen LogP contribution < -0.4 is 10.6 Å². The lowest BCUT2D eigenvalue weighted by atomic mass is 9.96. The van der Waals surface area contributed by atoms with Gasteiger partial charge in [0.2, 0.25) is 5.91 Å². The molecule has 8 heteroatoms. The van der Waals surface area contributed by atoms with Crippen LogP contribution in [0.4, 0.5) is 17.2 Å². The normalized spacial score (nSPS) is 14.5. The fourth-order valence-electron chi connectivity index (χ4n) is 4.27. The Morgan fingerprint density at radius 1 is 1.00 bits per heavy atom. The molecule has 0 saturated carbocycles. The Labute approximate surface area is 204 Å². The maximum atomic E-state index is 13.6. The first-order chi connectivity index (χ1) is 16.8. The number of benzene rings is 2. The number of rotatable bonds is 8. The Morgan fingerprint density at radius 3 is 2.29 bits per heavy atom. The van der Waals surface area contributed by atoms with Gasteiger partial charge < -0.3 is 10.6 Å². The van der Waals surface area contributed by atoms with Crippen LogP contribution in [-0.4, -0.2) is 38.6 Å². The summed E-state index contributed by atoms with van der Waals surface area (Å²) in [6, 6.07) is 13.3. The predicted octanol–water partition coefficient (Wildman–Crippen LogP) is 4.74. The lowest BCUT2D eigenvalue weighted by Gasteiger charge is -2.30. The van der Waals surface area contributed by atoms with Gasteiger partial charge in [0.15, 0.2) is 0 Å². The Hall–Kier alpha value is -4.07. The standard InChI is InChI=1S/C27H29N5O3/c1-5-16(3)24(32-26(34)20-9-7-8-10-21(20)27(32)35)25(33)31-22-14-19(12-11-18(22)6-2)30-23-13-17(4)28-15-29-23/h7-16,24H,5-6H2,1-4H3,(H,31,33)(H,28,29,30). The van der Waals surface area contributed by atoms with E-state index in [1.54, 1.807) is 24.3 Å². The molecule has 1 aromatic heterocycles. The van der Waals surface area contributed by atoms with Crippen LogP contribution in [0.3, 0.4) is 0 Å². The number of carbonyl (C=O) groups excluding carboxylic acids is 3. The highest BCUT2D eigenvalue weighted by atomic mass is 16.2. The number of hydrogen-bond acceptors (Lipinski definition) is 6. The molecule has 3 aromatic rings. The monoisotopic (exact) mass is 471 g/mol.